The zero-order valence-corrected chi connectivity index (χ0v) is 12.1. The number of halogens is 2. The van der Waals surface area contributed by atoms with Crippen molar-refractivity contribution in [2.45, 2.75) is 19.8 Å². The van der Waals surface area contributed by atoms with Crippen molar-refractivity contribution in [3.8, 4) is 0 Å². The summed E-state index contributed by atoms with van der Waals surface area (Å²) in [5.74, 6) is -0.932. The largest absolute Gasteiger partial charge is 0.339 e. The molecular formula is C16H20F2N2O. The number of hydrogen-bond donors (Lipinski definition) is 1. The first-order valence-electron chi connectivity index (χ1n) is 7.14. The van der Waals surface area contributed by atoms with Crippen molar-refractivity contribution < 1.29 is 13.6 Å². The molecule has 1 amide bonds. The molecule has 21 heavy (non-hydrogen) atoms. The second-order valence-electron chi connectivity index (χ2n) is 5.46. The molecule has 1 saturated heterocycles. The molecule has 0 aliphatic carbocycles. The van der Waals surface area contributed by atoms with Crippen molar-refractivity contribution in [1.82, 2.24) is 4.90 Å². The zero-order chi connectivity index (χ0) is 15.4. The van der Waals surface area contributed by atoms with Crippen LogP contribution in [-0.2, 0) is 4.79 Å². The quantitative estimate of drug-likeness (QED) is 0.871. The van der Waals surface area contributed by atoms with E-state index in [2.05, 4.69) is 0 Å². The van der Waals surface area contributed by atoms with Gasteiger partial charge in [-0.2, -0.15) is 0 Å². The molecule has 0 bridgehead atoms. The third kappa shape index (κ3) is 3.88. The van der Waals surface area contributed by atoms with E-state index < -0.39 is 11.6 Å². The molecule has 5 heteroatoms. The molecule has 2 rings (SSSR count). The van der Waals surface area contributed by atoms with Crippen LogP contribution >= 0.6 is 0 Å². The fraction of sp³-hybridized carbons (Fsp3) is 0.438. The first-order valence-corrected chi connectivity index (χ1v) is 7.14. The summed E-state index contributed by atoms with van der Waals surface area (Å²) in [5, 5.41) is 0. The molecule has 0 aromatic heterocycles. The third-order valence-electron chi connectivity index (χ3n) is 3.96. The van der Waals surface area contributed by atoms with Gasteiger partial charge >= 0.3 is 0 Å². The number of hydrogen-bond acceptors (Lipinski definition) is 2. The molecule has 1 aliphatic heterocycles. The predicted octanol–water partition coefficient (Wildman–Crippen LogP) is 2.57. The van der Waals surface area contributed by atoms with Crippen LogP contribution in [0, 0.1) is 17.6 Å². The summed E-state index contributed by atoms with van der Waals surface area (Å²) < 4.78 is 26.6. The monoisotopic (exact) mass is 294 g/mol. The van der Waals surface area contributed by atoms with E-state index in [-0.39, 0.29) is 11.5 Å². The van der Waals surface area contributed by atoms with Crippen LogP contribution in [-0.4, -0.2) is 30.4 Å². The van der Waals surface area contributed by atoms with E-state index in [9.17, 15) is 13.6 Å². The minimum atomic E-state index is -0.654. The summed E-state index contributed by atoms with van der Waals surface area (Å²) >= 11 is 0. The minimum Gasteiger partial charge on any atom is -0.339 e. The summed E-state index contributed by atoms with van der Waals surface area (Å²) in [5.41, 5.74) is 6.37. The molecule has 0 unspecified atom stereocenters. The third-order valence-corrected chi connectivity index (χ3v) is 3.96. The van der Waals surface area contributed by atoms with Gasteiger partial charge in [0.2, 0.25) is 5.91 Å². The Morgan fingerprint density at radius 3 is 2.62 bits per heavy atom. The van der Waals surface area contributed by atoms with E-state index in [1.165, 1.54) is 18.2 Å². The molecule has 2 N–H and O–H groups in total. The molecular weight excluding hydrogens is 274 g/mol. The Hall–Kier alpha value is -1.75. The first kappa shape index (κ1) is 15.6. The van der Waals surface area contributed by atoms with E-state index in [0.29, 0.717) is 31.1 Å². The molecule has 0 saturated carbocycles. The summed E-state index contributed by atoms with van der Waals surface area (Å²) in [4.78, 5) is 13.9. The number of carbonyl (C=O) groups excluding carboxylic acids is 1. The fourth-order valence-corrected chi connectivity index (χ4v) is 2.55. The summed E-state index contributed by atoms with van der Waals surface area (Å²) in [7, 11) is 0. The second kappa shape index (κ2) is 6.80. The van der Waals surface area contributed by atoms with Gasteiger partial charge in [0, 0.05) is 30.8 Å². The van der Waals surface area contributed by atoms with Crippen LogP contribution in [0.25, 0.3) is 5.57 Å². The van der Waals surface area contributed by atoms with Crippen LogP contribution in [0.4, 0.5) is 8.78 Å². The Kier molecular flexibility index (Phi) is 5.07. The normalized spacial score (nSPS) is 17.1. The number of allylic oxidation sites excluding steroid dienone is 1. The number of rotatable bonds is 3. The lowest BCUT2D eigenvalue weighted by Crippen LogP contribution is -2.39. The number of piperidine rings is 1. The highest BCUT2D eigenvalue weighted by Crippen LogP contribution is 2.20. The van der Waals surface area contributed by atoms with Crippen molar-refractivity contribution >= 4 is 11.5 Å². The first-order chi connectivity index (χ1) is 10.0. The Labute approximate surface area is 123 Å². The highest BCUT2D eigenvalue weighted by molar-refractivity contribution is 5.95. The van der Waals surface area contributed by atoms with Crippen LogP contribution in [0.3, 0.4) is 0 Å². The molecule has 0 spiro atoms. The molecule has 0 radical (unpaired) electrons. The Morgan fingerprint density at radius 2 is 2.05 bits per heavy atom. The summed E-state index contributed by atoms with van der Waals surface area (Å²) in [6.07, 6.45) is 3.22. The fourth-order valence-electron chi connectivity index (χ4n) is 2.55. The van der Waals surface area contributed by atoms with Crippen molar-refractivity contribution in [1.29, 1.82) is 0 Å². The standard InChI is InChI=1S/C16H20F2N2O/c1-11(14-3-2-13(17)9-15(14)18)8-16(21)20-6-4-12(10-19)5-7-20/h2-3,8-9,12H,4-7,10,19H2,1H3/b11-8-. The van der Waals surface area contributed by atoms with Gasteiger partial charge in [-0.05, 0) is 49.9 Å². The lowest BCUT2D eigenvalue weighted by molar-refractivity contribution is -0.127. The van der Waals surface area contributed by atoms with E-state index in [4.69, 9.17) is 5.73 Å². The zero-order valence-electron chi connectivity index (χ0n) is 12.1. The molecule has 1 aliphatic rings. The van der Waals surface area contributed by atoms with Gasteiger partial charge in [-0.15, -0.1) is 0 Å². The lowest BCUT2D eigenvalue weighted by Gasteiger charge is -2.30. The van der Waals surface area contributed by atoms with E-state index in [1.807, 2.05) is 0 Å². The molecule has 1 aromatic rings. The molecule has 0 atom stereocenters. The van der Waals surface area contributed by atoms with Gasteiger partial charge in [0.15, 0.2) is 0 Å². The van der Waals surface area contributed by atoms with E-state index in [1.54, 1.807) is 11.8 Å². The highest BCUT2D eigenvalue weighted by atomic mass is 19.1. The van der Waals surface area contributed by atoms with Crippen LogP contribution in [0.15, 0.2) is 24.3 Å². The number of benzene rings is 1. The van der Waals surface area contributed by atoms with Crippen molar-refractivity contribution in [2.75, 3.05) is 19.6 Å². The average Bonchev–Trinajstić information content (AvgIpc) is 2.47. The van der Waals surface area contributed by atoms with Gasteiger partial charge in [0.25, 0.3) is 0 Å². The summed E-state index contributed by atoms with van der Waals surface area (Å²) in [6.45, 7) is 3.66. The van der Waals surface area contributed by atoms with E-state index in [0.717, 1.165) is 18.9 Å². The lowest BCUT2D eigenvalue weighted by atomic mass is 9.97. The SMILES string of the molecule is C/C(=C/C(=O)N1CCC(CN)CC1)c1ccc(F)cc1F. The van der Waals surface area contributed by atoms with Gasteiger partial charge in [-0.3, -0.25) is 4.79 Å². The molecule has 1 heterocycles. The van der Waals surface area contributed by atoms with Crippen molar-refractivity contribution in [3.63, 3.8) is 0 Å². The maximum absolute atomic E-state index is 13.7. The molecule has 3 nitrogen and oxygen atoms in total. The number of nitrogens with two attached hydrogens (primary N) is 1. The van der Waals surface area contributed by atoms with E-state index >= 15 is 0 Å². The van der Waals surface area contributed by atoms with Crippen LogP contribution in [0.2, 0.25) is 0 Å². The number of carbonyl (C=O) groups is 1. The summed E-state index contributed by atoms with van der Waals surface area (Å²) in [6, 6.07) is 3.36. The van der Waals surface area contributed by atoms with Crippen LogP contribution in [0.1, 0.15) is 25.3 Å². The minimum absolute atomic E-state index is 0.133. The van der Waals surface area contributed by atoms with Crippen molar-refractivity contribution in [3.05, 3.63) is 41.5 Å². The smallest absolute Gasteiger partial charge is 0.246 e. The maximum Gasteiger partial charge on any atom is 0.246 e. The molecule has 1 aromatic carbocycles. The van der Waals surface area contributed by atoms with Crippen LogP contribution < -0.4 is 5.73 Å². The van der Waals surface area contributed by atoms with Gasteiger partial charge in [-0.25, -0.2) is 8.78 Å². The maximum atomic E-state index is 13.7. The highest BCUT2D eigenvalue weighted by Gasteiger charge is 2.21. The van der Waals surface area contributed by atoms with Gasteiger partial charge in [0.05, 0.1) is 0 Å². The van der Waals surface area contributed by atoms with Gasteiger partial charge in [-0.1, -0.05) is 0 Å². The van der Waals surface area contributed by atoms with Gasteiger partial charge < -0.3 is 10.6 Å². The second-order valence-corrected chi connectivity index (χ2v) is 5.46. The molecule has 114 valence electrons. The Bertz CT molecular complexity index is 549. The molecule has 1 fully saturated rings. The number of nitrogens with zero attached hydrogens (tertiary/aromatic N) is 1. The Balaban J connectivity index is 2.06. The average molecular weight is 294 g/mol. The van der Waals surface area contributed by atoms with Gasteiger partial charge in [0.1, 0.15) is 11.6 Å². The number of likely N-dealkylation sites (tertiary alicyclic amines) is 1. The predicted molar refractivity (Wildman–Crippen MR) is 78.4 cm³/mol. The topological polar surface area (TPSA) is 46.3 Å². The number of amides is 1. The Morgan fingerprint density at radius 1 is 1.38 bits per heavy atom. The van der Waals surface area contributed by atoms with Crippen LogP contribution in [0.5, 0.6) is 0 Å². The van der Waals surface area contributed by atoms with Crippen molar-refractivity contribution in [2.24, 2.45) is 11.7 Å².